The van der Waals surface area contributed by atoms with Crippen LogP contribution in [0, 0.1) is 0 Å². The average Bonchev–Trinajstić information content (AvgIpc) is 3.27. The normalized spacial score (nSPS) is 10.9. The number of hydrogen-bond donors (Lipinski definition) is 1. The lowest BCUT2D eigenvalue weighted by molar-refractivity contribution is 0.0953. The number of ether oxygens (including phenoxy) is 1. The van der Waals surface area contributed by atoms with Gasteiger partial charge in [0.2, 0.25) is 0 Å². The number of amides is 1. The minimum absolute atomic E-state index is 0.123. The second-order valence-corrected chi connectivity index (χ2v) is 9.42. The number of allylic oxidation sites excluding steroid dienone is 1. The molecule has 0 saturated heterocycles. The van der Waals surface area contributed by atoms with Gasteiger partial charge in [-0.25, -0.2) is 4.98 Å². The van der Waals surface area contributed by atoms with Gasteiger partial charge in [-0.1, -0.05) is 66.6 Å². The van der Waals surface area contributed by atoms with E-state index >= 15 is 0 Å². The Morgan fingerprint density at radius 2 is 1.76 bits per heavy atom. The molecule has 0 fully saturated rings. The summed E-state index contributed by atoms with van der Waals surface area (Å²) in [4.78, 5) is 17.2. The maximum Gasteiger partial charge on any atom is 0.252 e. The van der Waals surface area contributed by atoms with Crippen molar-refractivity contribution in [3.8, 4) is 5.75 Å². The Labute approximate surface area is 224 Å². The Hall–Kier alpha value is -3.57. The number of para-hydroxylation sites is 3. The molecule has 0 aliphatic heterocycles. The fraction of sp³-hybridized carbons (Fsp3) is 0.290. The minimum atomic E-state index is -0.123. The standard InChI is InChI=1S/C31H34ClN3O2/c1-2-13-24-14-5-10-19-29(24)37-23-12-22-35-28-18-9-8-17-27(28)34-30(35)20-4-3-11-21-33-31(36)25-15-6-7-16-26(25)32/h2,5-10,14-19H,1,3-4,11-13,20-23H2,(H,33,36). The van der Waals surface area contributed by atoms with Crippen molar-refractivity contribution in [3.05, 3.63) is 107 Å². The van der Waals surface area contributed by atoms with E-state index in [9.17, 15) is 4.79 Å². The topological polar surface area (TPSA) is 56.1 Å². The van der Waals surface area contributed by atoms with E-state index in [1.807, 2.05) is 42.5 Å². The first kappa shape index (κ1) is 26.5. The van der Waals surface area contributed by atoms with Crippen molar-refractivity contribution in [2.45, 2.75) is 45.1 Å². The summed E-state index contributed by atoms with van der Waals surface area (Å²) in [5, 5.41) is 3.44. The molecule has 37 heavy (non-hydrogen) atoms. The Morgan fingerprint density at radius 3 is 2.62 bits per heavy atom. The Kier molecular flexibility index (Phi) is 9.78. The van der Waals surface area contributed by atoms with E-state index in [2.05, 4.69) is 40.7 Å². The lowest BCUT2D eigenvalue weighted by Gasteiger charge is -2.12. The van der Waals surface area contributed by atoms with Gasteiger partial charge in [0, 0.05) is 19.5 Å². The van der Waals surface area contributed by atoms with Crippen molar-refractivity contribution in [1.29, 1.82) is 0 Å². The van der Waals surface area contributed by atoms with Crippen LogP contribution in [0.4, 0.5) is 0 Å². The predicted molar refractivity (Wildman–Crippen MR) is 152 cm³/mol. The maximum atomic E-state index is 12.3. The number of aromatic nitrogens is 2. The van der Waals surface area contributed by atoms with Gasteiger partial charge in [0.15, 0.2) is 0 Å². The second kappa shape index (κ2) is 13.7. The number of rotatable bonds is 14. The number of nitrogens with zero attached hydrogens (tertiary/aromatic N) is 2. The van der Waals surface area contributed by atoms with Crippen LogP contribution >= 0.6 is 11.6 Å². The number of aryl methyl sites for hydroxylation is 2. The lowest BCUT2D eigenvalue weighted by atomic mass is 10.1. The SMILES string of the molecule is C=CCc1ccccc1OCCCn1c(CCCCCNC(=O)c2ccccc2Cl)nc2ccccc21. The third kappa shape index (κ3) is 7.23. The molecule has 0 unspecified atom stereocenters. The van der Waals surface area contributed by atoms with Gasteiger partial charge in [-0.05, 0) is 61.6 Å². The van der Waals surface area contributed by atoms with E-state index in [1.54, 1.807) is 12.1 Å². The van der Waals surface area contributed by atoms with Crippen LogP contribution in [0.15, 0.2) is 85.5 Å². The largest absolute Gasteiger partial charge is 0.493 e. The molecule has 5 nitrogen and oxygen atoms in total. The van der Waals surface area contributed by atoms with Crippen molar-refractivity contribution < 1.29 is 9.53 Å². The van der Waals surface area contributed by atoms with E-state index in [-0.39, 0.29) is 5.91 Å². The zero-order valence-electron chi connectivity index (χ0n) is 21.2. The molecule has 0 aliphatic rings. The summed E-state index contributed by atoms with van der Waals surface area (Å²) >= 11 is 6.11. The molecule has 4 aromatic rings. The average molecular weight is 516 g/mol. The van der Waals surface area contributed by atoms with E-state index in [4.69, 9.17) is 21.3 Å². The number of carbonyl (C=O) groups is 1. The summed E-state index contributed by atoms with van der Waals surface area (Å²) < 4.78 is 8.43. The number of imidazole rings is 1. The van der Waals surface area contributed by atoms with E-state index in [1.165, 1.54) is 0 Å². The monoisotopic (exact) mass is 515 g/mol. The van der Waals surface area contributed by atoms with E-state index in [0.29, 0.717) is 23.7 Å². The number of benzene rings is 3. The molecule has 1 N–H and O–H groups in total. The first-order valence-electron chi connectivity index (χ1n) is 13.0. The molecule has 0 atom stereocenters. The summed E-state index contributed by atoms with van der Waals surface area (Å²) in [5.74, 6) is 1.91. The molecule has 0 radical (unpaired) electrons. The molecule has 192 valence electrons. The van der Waals surface area contributed by atoms with Gasteiger partial charge in [-0.2, -0.15) is 0 Å². The highest BCUT2D eigenvalue weighted by Crippen LogP contribution is 2.21. The highest BCUT2D eigenvalue weighted by molar-refractivity contribution is 6.33. The minimum Gasteiger partial charge on any atom is -0.493 e. The van der Waals surface area contributed by atoms with Crippen LogP contribution in [-0.2, 0) is 19.4 Å². The number of nitrogens with one attached hydrogen (secondary N) is 1. The van der Waals surface area contributed by atoms with Crippen molar-refractivity contribution in [2.75, 3.05) is 13.2 Å². The van der Waals surface area contributed by atoms with Gasteiger partial charge in [-0.15, -0.1) is 6.58 Å². The summed E-state index contributed by atoms with van der Waals surface area (Å²) in [6.07, 6.45) is 7.43. The van der Waals surface area contributed by atoms with Gasteiger partial charge in [0.25, 0.3) is 5.91 Å². The van der Waals surface area contributed by atoms with E-state index in [0.717, 1.165) is 73.2 Å². The van der Waals surface area contributed by atoms with Crippen LogP contribution in [-0.4, -0.2) is 28.6 Å². The van der Waals surface area contributed by atoms with Gasteiger partial charge >= 0.3 is 0 Å². The number of fused-ring (bicyclic) bond motifs is 1. The molecule has 3 aromatic carbocycles. The van der Waals surface area contributed by atoms with Gasteiger partial charge in [0.1, 0.15) is 11.6 Å². The van der Waals surface area contributed by atoms with Crippen LogP contribution in [0.3, 0.4) is 0 Å². The summed E-state index contributed by atoms with van der Waals surface area (Å²) in [6, 6.07) is 23.6. The fourth-order valence-corrected chi connectivity index (χ4v) is 4.69. The number of halogens is 1. The third-order valence-electron chi connectivity index (χ3n) is 6.34. The van der Waals surface area contributed by atoms with Gasteiger partial charge in [-0.3, -0.25) is 4.79 Å². The molecule has 0 aliphatic carbocycles. The number of unbranched alkanes of at least 4 members (excludes halogenated alkanes) is 2. The highest BCUT2D eigenvalue weighted by atomic mass is 35.5. The zero-order chi connectivity index (χ0) is 25.9. The molecule has 4 rings (SSSR count). The van der Waals surface area contributed by atoms with Crippen LogP contribution in [0.25, 0.3) is 11.0 Å². The Balaban J connectivity index is 1.26. The second-order valence-electron chi connectivity index (χ2n) is 9.02. The summed E-state index contributed by atoms with van der Waals surface area (Å²) in [7, 11) is 0. The first-order chi connectivity index (χ1) is 18.2. The van der Waals surface area contributed by atoms with Crippen molar-refractivity contribution in [1.82, 2.24) is 14.9 Å². The molecule has 0 bridgehead atoms. The molecule has 1 aromatic heterocycles. The molecular formula is C31H34ClN3O2. The smallest absolute Gasteiger partial charge is 0.252 e. The molecule has 1 amide bonds. The Bertz CT molecular complexity index is 1330. The summed E-state index contributed by atoms with van der Waals surface area (Å²) in [6.45, 7) is 5.97. The maximum absolute atomic E-state index is 12.3. The van der Waals surface area contributed by atoms with E-state index < -0.39 is 0 Å². The summed E-state index contributed by atoms with van der Waals surface area (Å²) in [5.41, 5.74) is 3.87. The lowest BCUT2D eigenvalue weighted by Crippen LogP contribution is -2.24. The zero-order valence-corrected chi connectivity index (χ0v) is 21.9. The quantitative estimate of drug-likeness (QED) is 0.145. The fourth-order valence-electron chi connectivity index (χ4n) is 4.47. The van der Waals surface area contributed by atoms with Crippen molar-refractivity contribution in [3.63, 3.8) is 0 Å². The molecule has 0 spiro atoms. The number of hydrogen-bond acceptors (Lipinski definition) is 3. The van der Waals surface area contributed by atoms with Gasteiger partial charge < -0.3 is 14.6 Å². The van der Waals surface area contributed by atoms with Crippen molar-refractivity contribution in [2.24, 2.45) is 0 Å². The molecule has 1 heterocycles. The van der Waals surface area contributed by atoms with Crippen molar-refractivity contribution >= 4 is 28.5 Å². The molecule has 6 heteroatoms. The van der Waals surface area contributed by atoms with Gasteiger partial charge in [0.05, 0.1) is 28.2 Å². The first-order valence-corrected chi connectivity index (χ1v) is 13.3. The van der Waals surface area contributed by atoms with Crippen LogP contribution in [0.1, 0.15) is 47.4 Å². The predicted octanol–water partition coefficient (Wildman–Crippen LogP) is 7.03. The van der Waals surface area contributed by atoms with Crippen LogP contribution in [0.5, 0.6) is 5.75 Å². The molecular weight excluding hydrogens is 482 g/mol. The number of carbonyl (C=O) groups excluding carboxylic acids is 1. The van der Waals surface area contributed by atoms with Crippen LogP contribution < -0.4 is 10.1 Å². The highest BCUT2D eigenvalue weighted by Gasteiger charge is 2.11. The Morgan fingerprint density at radius 1 is 0.973 bits per heavy atom. The third-order valence-corrected chi connectivity index (χ3v) is 6.66. The van der Waals surface area contributed by atoms with Crippen LogP contribution in [0.2, 0.25) is 5.02 Å². The molecule has 0 saturated carbocycles.